The maximum atomic E-state index is 12.9. The highest BCUT2D eigenvalue weighted by Crippen LogP contribution is 2.29. The van der Waals surface area contributed by atoms with E-state index in [1.807, 2.05) is 23.6 Å². The Kier molecular flexibility index (Phi) is 6.18. The number of hydrogen-bond acceptors (Lipinski definition) is 7. The lowest BCUT2D eigenvalue weighted by Gasteiger charge is -2.04. The van der Waals surface area contributed by atoms with Crippen LogP contribution in [-0.4, -0.2) is 45.5 Å². The first-order chi connectivity index (χ1) is 15.3. The van der Waals surface area contributed by atoms with E-state index in [1.165, 1.54) is 11.3 Å². The van der Waals surface area contributed by atoms with Gasteiger partial charge in [0, 0.05) is 25.3 Å². The zero-order chi connectivity index (χ0) is 22.9. The Balaban J connectivity index is 1.82. The molecule has 0 spiro atoms. The van der Waals surface area contributed by atoms with Crippen molar-refractivity contribution in [2.75, 3.05) is 26.6 Å². The minimum absolute atomic E-state index is 0.0970. The largest absolute Gasteiger partial charge is 0.490 e. The molecule has 0 saturated carbocycles. The van der Waals surface area contributed by atoms with Crippen LogP contribution in [0.5, 0.6) is 5.75 Å². The van der Waals surface area contributed by atoms with Gasteiger partial charge < -0.3 is 18.5 Å². The van der Waals surface area contributed by atoms with Crippen LogP contribution in [0.15, 0.2) is 56.8 Å². The predicted octanol–water partition coefficient (Wildman–Crippen LogP) is 3.64. The number of thiazole rings is 1. The summed E-state index contributed by atoms with van der Waals surface area (Å²) < 4.78 is 43.0. The molecule has 0 aliphatic rings. The molecule has 4 rings (SSSR count). The average molecular weight is 475 g/mol. The van der Waals surface area contributed by atoms with Crippen molar-refractivity contribution in [3.8, 4) is 5.75 Å². The van der Waals surface area contributed by atoms with E-state index in [0.29, 0.717) is 40.6 Å². The molecule has 32 heavy (non-hydrogen) atoms. The maximum Gasteiger partial charge on any atom is 0.315 e. The predicted molar refractivity (Wildman–Crippen MR) is 122 cm³/mol. The number of aromatic nitrogens is 1. The van der Waals surface area contributed by atoms with Crippen molar-refractivity contribution in [3.05, 3.63) is 53.0 Å². The van der Waals surface area contributed by atoms with Gasteiger partial charge in [0.1, 0.15) is 0 Å². The number of methoxy groups -OCH3 is 1. The van der Waals surface area contributed by atoms with Gasteiger partial charge in [0.2, 0.25) is 0 Å². The normalized spacial score (nSPS) is 12.7. The molecule has 168 valence electrons. The SMILES string of the molecule is CCOc1cccc2cc(C(=O)N=c3sc4cc(S(C)(=O)=O)ccc4n3CCOC)oc12. The first kappa shape index (κ1) is 22.3. The summed E-state index contributed by atoms with van der Waals surface area (Å²) in [6.45, 7) is 3.21. The van der Waals surface area contributed by atoms with Crippen LogP contribution in [0.1, 0.15) is 17.5 Å². The Bertz CT molecular complexity index is 1480. The number of carbonyl (C=O) groups excluding carboxylic acids is 1. The molecule has 0 aliphatic heterocycles. The maximum absolute atomic E-state index is 12.9. The number of furan rings is 1. The van der Waals surface area contributed by atoms with Crippen LogP contribution in [0.25, 0.3) is 21.2 Å². The minimum atomic E-state index is -3.36. The molecule has 10 heteroatoms. The number of carbonyl (C=O) groups is 1. The standard InChI is InChI=1S/C22H22N2O6S2/c1-4-29-17-7-5-6-14-12-18(30-20(14)17)21(25)23-22-24(10-11-28-2)16-9-8-15(32(3,26)27)13-19(16)31-22/h5-9,12-13H,4,10-11H2,1-3H3. The molecule has 8 nitrogen and oxygen atoms in total. The summed E-state index contributed by atoms with van der Waals surface area (Å²) in [5, 5.41) is 0.746. The molecule has 0 bridgehead atoms. The van der Waals surface area contributed by atoms with E-state index in [0.717, 1.165) is 17.2 Å². The number of nitrogens with zero attached hydrogens (tertiary/aromatic N) is 2. The first-order valence-electron chi connectivity index (χ1n) is 9.88. The summed E-state index contributed by atoms with van der Waals surface area (Å²) in [5.41, 5.74) is 1.27. The second-order valence-electron chi connectivity index (χ2n) is 7.07. The van der Waals surface area contributed by atoms with Crippen LogP contribution >= 0.6 is 11.3 Å². The van der Waals surface area contributed by atoms with Crippen LogP contribution in [0.4, 0.5) is 0 Å². The van der Waals surface area contributed by atoms with Gasteiger partial charge in [-0.15, -0.1) is 0 Å². The zero-order valence-corrected chi connectivity index (χ0v) is 19.5. The minimum Gasteiger partial charge on any atom is -0.490 e. The fourth-order valence-electron chi connectivity index (χ4n) is 3.32. The van der Waals surface area contributed by atoms with Crippen LogP contribution < -0.4 is 9.54 Å². The molecule has 1 amide bonds. The van der Waals surface area contributed by atoms with E-state index in [1.54, 1.807) is 37.4 Å². The van der Waals surface area contributed by atoms with Crippen molar-refractivity contribution >= 4 is 48.3 Å². The fourth-order valence-corrected chi connectivity index (χ4v) is 5.14. The number of ether oxygens (including phenoxy) is 2. The van der Waals surface area contributed by atoms with Crippen LogP contribution in [-0.2, 0) is 21.1 Å². The van der Waals surface area contributed by atoms with Crippen LogP contribution in [0.3, 0.4) is 0 Å². The van der Waals surface area contributed by atoms with Crippen molar-refractivity contribution in [1.82, 2.24) is 4.57 Å². The third kappa shape index (κ3) is 4.34. The molecule has 2 aromatic carbocycles. The lowest BCUT2D eigenvalue weighted by atomic mass is 10.2. The summed E-state index contributed by atoms with van der Waals surface area (Å²) in [6, 6.07) is 12.0. The number of rotatable bonds is 7. The Morgan fingerprint density at radius 1 is 1.22 bits per heavy atom. The van der Waals surface area contributed by atoms with Gasteiger partial charge in [-0.3, -0.25) is 4.79 Å². The molecule has 0 unspecified atom stereocenters. The molecule has 0 atom stereocenters. The van der Waals surface area contributed by atoms with Gasteiger partial charge in [0.15, 0.2) is 31.7 Å². The average Bonchev–Trinajstić information content (AvgIpc) is 3.33. The number of amides is 1. The van der Waals surface area contributed by atoms with Gasteiger partial charge in [-0.25, -0.2) is 8.42 Å². The van der Waals surface area contributed by atoms with Crippen LogP contribution in [0, 0.1) is 0 Å². The smallest absolute Gasteiger partial charge is 0.315 e. The Hall–Kier alpha value is -2.95. The number of para-hydroxylation sites is 1. The number of sulfone groups is 1. The van der Waals surface area contributed by atoms with E-state index in [9.17, 15) is 13.2 Å². The van der Waals surface area contributed by atoms with Crippen molar-refractivity contribution in [2.24, 2.45) is 4.99 Å². The molecule has 0 radical (unpaired) electrons. The molecule has 0 N–H and O–H groups in total. The number of benzene rings is 2. The van der Waals surface area contributed by atoms with Crippen LogP contribution in [0.2, 0.25) is 0 Å². The lowest BCUT2D eigenvalue weighted by Crippen LogP contribution is -2.19. The molecule has 2 heterocycles. The molecule has 0 fully saturated rings. The van der Waals surface area contributed by atoms with Crippen molar-refractivity contribution in [2.45, 2.75) is 18.4 Å². The Morgan fingerprint density at radius 2 is 2.03 bits per heavy atom. The lowest BCUT2D eigenvalue weighted by molar-refractivity contribution is 0.0973. The van der Waals surface area contributed by atoms with Gasteiger partial charge in [-0.1, -0.05) is 23.5 Å². The van der Waals surface area contributed by atoms with Gasteiger partial charge in [0.05, 0.1) is 28.3 Å². The monoisotopic (exact) mass is 474 g/mol. The molecule has 2 aromatic heterocycles. The summed E-state index contributed by atoms with van der Waals surface area (Å²) in [4.78, 5) is 17.9. The third-order valence-electron chi connectivity index (χ3n) is 4.82. The molecular formula is C22H22N2O6S2. The van der Waals surface area contributed by atoms with E-state index in [2.05, 4.69) is 4.99 Å². The summed E-state index contributed by atoms with van der Waals surface area (Å²) in [5.74, 6) is 0.124. The topological polar surface area (TPSA) is 100 Å². The summed E-state index contributed by atoms with van der Waals surface area (Å²) in [7, 11) is -1.77. The van der Waals surface area contributed by atoms with Gasteiger partial charge in [-0.05, 0) is 37.3 Å². The second kappa shape index (κ2) is 8.89. The second-order valence-corrected chi connectivity index (χ2v) is 10.1. The molecule has 0 saturated heterocycles. The summed E-state index contributed by atoms with van der Waals surface area (Å²) in [6.07, 6.45) is 1.16. The molecule has 0 aliphatic carbocycles. The first-order valence-corrected chi connectivity index (χ1v) is 12.6. The van der Waals surface area contributed by atoms with E-state index >= 15 is 0 Å². The quantitative estimate of drug-likeness (QED) is 0.405. The molecule has 4 aromatic rings. The Morgan fingerprint density at radius 3 is 2.75 bits per heavy atom. The van der Waals surface area contributed by atoms with Crippen molar-refractivity contribution in [1.29, 1.82) is 0 Å². The highest BCUT2D eigenvalue weighted by atomic mass is 32.2. The van der Waals surface area contributed by atoms with E-state index in [-0.39, 0.29) is 10.7 Å². The van der Waals surface area contributed by atoms with E-state index in [4.69, 9.17) is 13.9 Å². The van der Waals surface area contributed by atoms with Crippen molar-refractivity contribution in [3.63, 3.8) is 0 Å². The zero-order valence-electron chi connectivity index (χ0n) is 17.8. The molecular weight excluding hydrogens is 452 g/mol. The third-order valence-corrected chi connectivity index (χ3v) is 6.97. The fraction of sp³-hybridized carbons (Fsp3) is 0.273. The highest BCUT2D eigenvalue weighted by molar-refractivity contribution is 7.90. The summed E-state index contributed by atoms with van der Waals surface area (Å²) >= 11 is 1.23. The van der Waals surface area contributed by atoms with Crippen molar-refractivity contribution < 1.29 is 27.1 Å². The van der Waals surface area contributed by atoms with E-state index < -0.39 is 15.7 Å². The number of hydrogen-bond donors (Lipinski definition) is 0. The highest BCUT2D eigenvalue weighted by Gasteiger charge is 2.17. The van der Waals surface area contributed by atoms with Gasteiger partial charge in [0.25, 0.3) is 0 Å². The van der Waals surface area contributed by atoms with Gasteiger partial charge in [-0.2, -0.15) is 4.99 Å². The Labute approximate surface area is 188 Å². The van der Waals surface area contributed by atoms with Gasteiger partial charge >= 0.3 is 5.91 Å². The number of fused-ring (bicyclic) bond motifs is 2.